The quantitative estimate of drug-likeness (QED) is 0.476. The molecule has 4 aromatic rings. The van der Waals surface area contributed by atoms with Gasteiger partial charge in [0.05, 0.1) is 28.7 Å². The SMILES string of the molecule is CCc1sc2cncn2c1C(O)c1cn(-c2ccc(S(=O)(=O)N3CCCC3)cc2)nn1. The molecule has 0 saturated carbocycles. The molecule has 1 unspecified atom stereocenters. The molecule has 3 aromatic heterocycles. The molecule has 5 rings (SSSR count). The highest BCUT2D eigenvalue weighted by atomic mass is 32.2. The molecular formula is C20H22N6O3S2. The molecule has 162 valence electrons. The van der Waals surface area contributed by atoms with Gasteiger partial charge in [-0.25, -0.2) is 18.1 Å². The Bertz CT molecular complexity index is 1320. The van der Waals surface area contributed by atoms with E-state index in [-0.39, 0.29) is 4.90 Å². The van der Waals surface area contributed by atoms with Crippen LogP contribution < -0.4 is 0 Å². The predicted octanol–water partition coefficient (Wildman–Crippen LogP) is 2.41. The van der Waals surface area contributed by atoms with Crippen molar-refractivity contribution in [3.63, 3.8) is 0 Å². The van der Waals surface area contributed by atoms with Gasteiger partial charge >= 0.3 is 0 Å². The van der Waals surface area contributed by atoms with Gasteiger partial charge in [0.1, 0.15) is 23.0 Å². The smallest absolute Gasteiger partial charge is 0.243 e. The minimum Gasteiger partial charge on any atom is -0.380 e. The average molecular weight is 459 g/mol. The summed E-state index contributed by atoms with van der Waals surface area (Å²) in [5.74, 6) is 0. The summed E-state index contributed by atoms with van der Waals surface area (Å²) in [4.78, 5) is 6.45. The molecule has 11 heteroatoms. The maximum Gasteiger partial charge on any atom is 0.243 e. The molecule has 0 amide bonds. The standard InChI is InChI=1S/C20H22N6O3S2/c1-2-17-19(25-13-21-11-18(25)30-17)20(27)16-12-26(23-22-16)14-5-7-15(8-6-14)31(28,29)24-9-3-4-10-24/h5-8,11-13,20,27H,2-4,9-10H2,1H3. The van der Waals surface area contributed by atoms with Crippen LogP contribution in [-0.2, 0) is 16.4 Å². The van der Waals surface area contributed by atoms with Gasteiger partial charge in [-0.2, -0.15) is 4.31 Å². The van der Waals surface area contributed by atoms with Crippen molar-refractivity contribution in [1.82, 2.24) is 28.7 Å². The van der Waals surface area contributed by atoms with Crippen molar-refractivity contribution in [2.45, 2.75) is 37.2 Å². The average Bonchev–Trinajstić information content (AvgIpc) is 3.57. The van der Waals surface area contributed by atoms with Crippen LogP contribution in [0.1, 0.15) is 42.1 Å². The Morgan fingerprint density at radius 2 is 1.94 bits per heavy atom. The largest absolute Gasteiger partial charge is 0.380 e. The van der Waals surface area contributed by atoms with E-state index in [1.54, 1.807) is 54.3 Å². The van der Waals surface area contributed by atoms with Crippen molar-refractivity contribution < 1.29 is 13.5 Å². The first kappa shape index (κ1) is 20.3. The number of imidazole rings is 1. The fourth-order valence-corrected chi connectivity index (χ4v) is 6.49. The van der Waals surface area contributed by atoms with Crippen LogP contribution in [0.5, 0.6) is 0 Å². The minimum atomic E-state index is -3.46. The zero-order valence-corrected chi connectivity index (χ0v) is 18.6. The number of aromatic nitrogens is 5. The maximum atomic E-state index is 12.7. The number of rotatable bonds is 6. The lowest BCUT2D eigenvalue weighted by atomic mass is 10.1. The van der Waals surface area contributed by atoms with Crippen LogP contribution in [0.15, 0.2) is 47.9 Å². The summed E-state index contributed by atoms with van der Waals surface area (Å²) < 4.78 is 30.3. The second kappa shape index (κ2) is 7.83. The highest BCUT2D eigenvalue weighted by molar-refractivity contribution is 7.89. The van der Waals surface area contributed by atoms with E-state index < -0.39 is 16.1 Å². The molecule has 1 aliphatic heterocycles. The van der Waals surface area contributed by atoms with E-state index in [1.165, 1.54) is 8.99 Å². The second-order valence-corrected chi connectivity index (χ2v) is 10.5. The topological polar surface area (TPSA) is 106 Å². The maximum absolute atomic E-state index is 12.7. The van der Waals surface area contributed by atoms with E-state index in [9.17, 15) is 13.5 Å². The second-order valence-electron chi connectivity index (χ2n) is 7.46. The van der Waals surface area contributed by atoms with E-state index in [0.29, 0.717) is 24.5 Å². The number of aliphatic hydroxyl groups is 1. The number of nitrogens with zero attached hydrogens (tertiary/aromatic N) is 6. The third-order valence-corrected chi connectivity index (χ3v) is 8.72. The lowest BCUT2D eigenvalue weighted by Gasteiger charge is -2.15. The number of aliphatic hydroxyl groups excluding tert-OH is 1. The van der Waals surface area contributed by atoms with Crippen LogP contribution in [0, 0.1) is 0 Å². The normalized spacial score (nSPS) is 16.3. The monoisotopic (exact) mass is 458 g/mol. The zero-order valence-electron chi connectivity index (χ0n) is 16.9. The van der Waals surface area contributed by atoms with Crippen LogP contribution in [0.25, 0.3) is 10.5 Å². The van der Waals surface area contributed by atoms with Gasteiger partial charge in [0.15, 0.2) is 0 Å². The Kier molecular flexibility index (Phi) is 5.13. The summed E-state index contributed by atoms with van der Waals surface area (Å²) >= 11 is 1.60. The molecule has 1 aliphatic rings. The van der Waals surface area contributed by atoms with Crippen molar-refractivity contribution in [3.8, 4) is 5.69 Å². The first-order chi connectivity index (χ1) is 15.0. The number of benzene rings is 1. The van der Waals surface area contributed by atoms with Crippen molar-refractivity contribution in [1.29, 1.82) is 0 Å². The van der Waals surface area contributed by atoms with E-state index >= 15 is 0 Å². The fraction of sp³-hybridized carbons (Fsp3) is 0.350. The van der Waals surface area contributed by atoms with Gasteiger partial charge in [-0.15, -0.1) is 16.4 Å². The Balaban J connectivity index is 1.42. The Morgan fingerprint density at radius 3 is 2.65 bits per heavy atom. The molecule has 1 saturated heterocycles. The highest BCUT2D eigenvalue weighted by Crippen LogP contribution is 2.31. The summed E-state index contributed by atoms with van der Waals surface area (Å²) in [6.07, 6.45) is 6.77. The number of hydrogen-bond acceptors (Lipinski definition) is 7. The first-order valence-electron chi connectivity index (χ1n) is 10.1. The molecule has 0 aliphatic carbocycles. The van der Waals surface area contributed by atoms with Gasteiger partial charge in [0, 0.05) is 18.0 Å². The van der Waals surface area contributed by atoms with Crippen LogP contribution >= 0.6 is 11.3 Å². The third-order valence-electron chi connectivity index (χ3n) is 5.55. The number of sulfonamides is 1. The van der Waals surface area contributed by atoms with Gasteiger partial charge < -0.3 is 5.11 Å². The molecule has 1 aromatic carbocycles. The summed E-state index contributed by atoms with van der Waals surface area (Å²) in [5, 5.41) is 19.3. The van der Waals surface area contributed by atoms with Crippen LogP contribution in [-0.4, -0.2) is 55.3 Å². The van der Waals surface area contributed by atoms with E-state index in [4.69, 9.17) is 0 Å². The molecule has 1 N–H and O–H groups in total. The van der Waals surface area contributed by atoms with Crippen LogP contribution in [0.2, 0.25) is 0 Å². The lowest BCUT2D eigenvalue weighted by Crippen LogP contribution is -2.27. The van der Waals surface area contributed by atoms with Crippen LogP contribution in [0.4, 0.5) is 0 Å². The Hall–Kier alpha value is -2.60. The minimum absolute atomic E-state index is 0.270. The lowest BCUT2D eigenvalue weighted by molar-refractivity contribution is 0.208. The van der Waals surface area contributed by atoms with Gasteiger partial charge in [0.2, 0.25) is 10.0 Å². The molecule has 0 bridgehead atoms. The van der Waals surface area contributed by atoms with E-state index in [1.807, 2.05) is 11.3 Å². The first-order valence-corrected chi connectivity index (χ1v) is 12.4. The van der Waals surface area contributed by atoms with Crippen LogP contribution in [0.3, 0.4) is 0 Å². The van der Waals surface area contributed by atoms with E-state index in [2.05, 4.69) is 15.3 Å². The molecule has 1 fully saturated rings. The third kappa shape index (κ3) is 3.47. The molecule has 0 spiro atoms. The van der Waals surface area contributed by atoms with Crippen molar-refractivity contribution in [2.24, 2.45) is 0 Å². The molecule has 1 atom stereocenters. The summed E-state index contributed by atoms with van der Waals surface area (Å²) in [6, 6.07) is 6.57. The fourth-order valence-electron chi connectivity index (χ4n) is 3.91. The number of aryl methyl sites for hydroxylation is 1. The molecular weight excluding hydrogens is 436 g/mol. The number of thiazole rings is 1. The molecule has 9 nitrogen and oxygen atoms in total. The molecule has 4 heterocycles. The highest BCUT2D eigenvalue weighted by Gasteiger charge is 2.27. The van der Waals surface area contributed by atoms with Crippen molar-refractivity contribution in [2.75, 3.05) is 13.1 Å². The van der Waals surface area contributed by atoms with Gasteiger partial charge in [-0.05, 0) is 43.5 Å². The summed E-state index contributed by atoms with van der Waals surface area (Å²) in [7, 11) is -3.46. The van der Waals surface area contributed by atoms with Crippen molar-refractivity contribution in [3.05, 3.63) is 59.3 Å². The van der Waals surface area contributed by atoms with Gasteiger partial charge in [-0.1, -0.05) is 12.1 Å². The van der Waals surface area contributed by atoms with Crippen molar-refractivity contribution >= 4 is 26.2 Å². The zero-order chi connectivity index (χ0) is 21.6. The summed E-state index contributed by atoms with van der Waals surface area (Å²) in [5.41, 5.74) is 1.83. The van der Waals surface area contributed by atoms with Gasteiger partial charge in [0.25, 0.3) is 0 Å². The number of fused-ring (bicyclic) bond motifs is 1. The Morgan fingerprint density at radius 1 is 1.19 bits per heavy atom. The number of hydrogen-bond donors (Lipinski definition) is 1. The predicted molar refractivity (Wildman–Crippen MR) is 116 cm³/mol. The Labute approximate surface area is 183 Å². The van der Waals surface area contributed by atoms with E-state index in [0.717, 1.165) is 34.7 Å². The molecule has 0 radical (unpaired) electrons. The molecule has 31 heavy (non-hydrogen) atoms. The summed E-state index contributed by atoms with van der Waals surface area (Å²) in [6.45, 7) is 3.19. The van der Waals surface area contributed by atoms with Gasteiger partial charge in [-0.3, -0.25) is 4.40 Å².